The maximum Gasteiger partial charge on any atom is 0.123 e. The molecule has 3 aliphatic carbocycles. The fourth-order valence-corrected chi connectivity index (χ4v) is 5.86. The van der Waals surface area contributed by atoms with E-state index >= 15 is 0 Å². The van der Waals surface area contributed by atoms with Gasteiger partial charge >= 0.3 is 0 Å². The summed E-state index contributed by atoms with van der Waals surface area (Å²) in [4.78, 5) is 4.47. The Balaban J connectivity index is 1.32. The van der Waals surface area contributed by atoms with Crippen molar-refractivity contribution < 1.29 is 5.76 Å². The van der Waals surface area contributed by atoms with Gasteiger partial charge in [-0.05, 0) is 73.8 Å². The minimum atomic E-state index is -1.57. The van der Waals surface area contributed by atoms with Crippen molar-refractivity contribution in [1.82, 2.24) is 20.0 Å². The molecule has 3 fully saturated rings. The van der Waals surface area contributed by atoms with Gasteiger partial charge in [0.2, 0.25) is 0 Å². The van der Waals surface area contributed by atoms with Crippen LogP contribution in [0.4, 0.5) is 15.8 Å². The highest BCUT2D eigenvalue weighted by Crippen LogP contribution is 2.53. The standard InChI is InChI=1S/C28H25ClFN7/c29-23-11-19(10-22-26(17(12-31)13-32-28(22)23)34-24-8-3-16-9-21(16)24)33-27(15-1-4-18(30)5-2-15)25-14-37(36-35-25)20-6-7-20/h1-2,4-5,10-11,13-14,16,20-21,24,27,33H,3,6-9H2,(H,32,34)/t16?,21?,24?,27-/m0/s1/i27D. The van der Waals surface area contributed by atoms with E-state index in [1.165, 1.54) is 25.0 Å². The Morgan fingerprint density at radius 1 is 1.19 bits per heavy atom. The quantitative estimate of drug-likeness (QED) is 0.303. The topological polar surface area (TPSA) is 91.5 Å². The lowest BCUT2D eigenvalue weighted by atomic mass is 10.0. The van der Waals surface area contributed by atoms with Gasteiger partial charge < -0.3 is 10.6 Å². The van der Waals surface area contributed by atoms with Crippen LogP contribution in [0.3, 0.4) is 0 Å². The van der Waals surface area contributed by atoms with Crippen LogP contribution in [-0.4, -0.2) is 26.0 Å². The Morgan fingerprint density at radius 3 is 2.73 bits per heavy atom. The number of fused-ring (bicyclic) bond motifs is 2. The predicted octanol–water partition coefficient (Wildman–Crippen LogP) is 6.24. The average molecular weight is 515 g/mol. The monoisotopic (exact) mass is 514 g/mol. The molecule has 3 saturated carbocycles. The molecule has 4 atom stereocenters. The van der Waals surface area contributed by atoms with E-state index in [1.54, 1.807) is 35.3 Å². The Morgan fingerprint density at radius 2 is 2.03 bits per heavy atom. The van der Waals surface area contributed by atoms with Gasteiger partial charge in [-0.25, -0.2) is 9.07 Å². The van der Waals surface area contributed by atoms with Crippen LogP contribution in [0.5, 0.6) is 0 Å². The van der Waals surface area contributed by atoms with E-state index in [0.29, 0.717) is 56.4 Å². The van der Waals surface area contributed by atoms with Crippen molar-refractivity contribution in [3.05, 3.63) is 76.5 Å². The molecule has 2 aromatic carbocycles. The molecular weight excluding hydrogens is 489 g/mol. The first-order valence-corrected chi connectivity index (χ1v) is 13.1. The molecule has 2 N–H and O–H groups in total. The third-order valence-electron chi connectivity index (χ3n) is 7.81. The number of anilines is 2. The van der Waals surface area contributed by atoms with Crippen molar-refractivity contribution in [2.24, 2.45) is 11.8 Å². The van der Waals surface area contributed by atoms with Crippen LogP contribution in [0.2, 0.25) is 5.02 Å². The van der Waals surface area contributed by atoms with Crippen molar-refractivity contribution in [3.63, 3.8) is 0 Å². The number of benzene rings is 2. The highest BCUT2D eigenvalue weighted by atomic mass is 35.5. The van der Waals surface area contributed by atoms with E-state index in [4.69, 9.17) is 11.6 Å². The van der Waals surface area contributed by atoms with Crippen LogP contribution in [0.1, 0.15) is 62.4 Å². The molecule has 0 radical (unpaired) electrons. The molecule has 9 heteroatoms. The second kappa shape index (κ2) is 8.70. The van der Waals surface area contributed by atoms with E-state index in [0.717, 1.165) is 30.9 Å². The second-order valence-electron chi connectivity index (χ2n) is 10.3. The summed E-state index contributed by atoms with van der Waals surface area (Å²) in [6.45, 7) is 0. The van der Waals surface area contributed by atoms with Crippen molar-refractivity contribution in [1.29, 1.82) is 5.26 Å². The van der Waals surface area contributed by atoms with Crippen LogP contribution < -0.4 is 10.6 Å². The first-order valence-electron chi connectivity index (χ1n) is 13.2. The molecule has 4 aromatic rings. The first-order chi connectivity index (χ1) is 18.4. The average Bonchev–Trinajstić information content (AvgIpc) is 3.83. The van der Waals surface area contributed by atoms with Crippen molar-refractivity contribution in [2.75, 3.05) is 10.6 Å². The Bertz CT molecular complexity index is 1600. The van der Waals surface area contributed by atoms with E-state index in [9.17, 15) is 11.0 Å². The van der Waals surface area contributed by atoms with Gasteiger partial charge in [0.15, 0.2) is 0 Å². The number of nitriles is 1. The molecule has 2 heterocycles. The molecule has 7 rings (SSSR count). The van der Waals surface area contributed by atoms with Gasteiger partial charge in [-0.1, -0.05) is 28.9 Å². The van der Waals surface area contributed by atoms with Gasteiger partial charge in [0.25, 0.3) is 0 Å². The SMILES string of the molecule is [2H][C@](Nc1cc(Cl)c2ncc(C#N)c(NC3CCC4CC43)c2c1)(c1ccc(F)cc1)c1cn(C2CC2)nn1. The summed E-state index contributed by atoms with van der Waals surface area (Å²) in [5.41, 5.74) is 3.21. The Kier molecular flexibility index (Phi) is 5.03. The van der Waals surface area contributed by atoms with Gasteiger partial charge in [0.1, 0.15) is 17.6 Å². The number of aromatic nitrogens is 4. The summed E-state index contributed by atoms with van der Waals surface area (Å²) < 4.78 is 25.1. The zero-order valence-electron chi connectivity index (χ0n) is 21.0. The van der Waals surface area contributed by atoms with Crippen molar-refractivity contribution in [3.8, 4) is 6.07 Å². The lowest BCUT2D eigenvalue weighted by Crippen LogP contribution is -2.20. The first kappa shape index (κ1) is 21.4. The molecule has 0 spiro atoms. The van der Waals surface area contributed by atoms with E-state index in [1.807, 2.05) is 6.07 Å². The fraction of sp³-hybridized carbons (Fsp3) is 0.357. The van der Waals surface area contributed by atoms with Crippen LogP contribution in [-0.2, 0) is 0 Å². The predicted molar refractivity (Wildman–Crippen MR) is 140 cm³/mol. The number of nitrogens with one attached hydrogen (secondary N) is 2. The molecule has 0 amide bonds. The van der Waals surface area contributed by atoms with Crippen LogP contribution in [0.25, 0.3) is 10.9 Å². The fourth-order valence-electron chi connectivity index (χ4n) is 5.59. The molecule has 0 saturated heterocycles. The van der Waals surface area contributed by atoms with E-state index < -0.39 is 6.02 Å². The van der Waals surface area contributed by atoms with Gasteiger partial charge in [-0.15, -0.1) is 5.10 Å². The zero-order chi connectivity index (χ0) is 26.0. The third-order valence-corrected chi connectivity index (χ3v) is 8.10. The van der Waals surface area contributed by atoms with Gasteiger partial charge in [0, 0.05) is 23.3 Å². The highest BCUT2D eigenvalue weighted by molar-refractivity contribution is 6.35. The summed E-state index contributed by atoms with van der Waals surface area (Å²) in [6.07, 6.45) is 8.92. The second-order valence-corrected chi connectivity index (χ2v) is 10.7. The summed E-state index contributed by atoms with van der Waals surface area (Å²) in [5.74, 6) is 1.05. The number of nitrogens with zero attached hydrogens (tertiary/aromatic N) is 5. The molecule has 37 heavy (non-hydrogen) atoms. The highest BCUT2D eigenvalue weighted by Gasteiger charge is 2.48. The van der Waals surface area contributed by atoms with Crippen molar-refractivity contribution in [2.45, 2.75) is 50.2 Å². The molecule has 7 nitrogen and oxygen atoms in total. The maximum absolute atomic E-state index is 13.8. The summed E-state index contributed by atoms with van der Waals surface area (Å²) in [6, 6.07) is 10.7. The van der Waals surface area contributed by atoms with Gasteiger partial charge in [0.05, 0.1) is 41.4 Å². The largest absolute Gasteiger partial charge is 0.380 e. The third kappa shape index (κ3) is 4.17. The molecule has 0 bridgehead atoms. The van der Waals surface area contributed by atoms with Crippen LogP contribution in [0.15, 0.2) is 48.8 Å². The number of rotatable bonds is 7. The van der Waals surface area contributed by atoms with Crippen molar-refractivity contribution >= 4 is 33.9 Å². The smallest absolute Gasteiger partial charge is 0.123 e. The number of halogens is 2. The normalized spacial score (nSPS) is 24.1. The van der Waals surface area contributed by atoms with Crippen LogP contribution >= 0.6 is 11.6 Å². The van der Waals surface area contributed by atoms with Gasteiger partial charge in [-0.2, -0.15) is 5.26 Å². The summed E-state index contributed by atoms with van der Waals surface area (Å²) in [7, 11) is 0. The Labute approximate surface area is 220 Å². The molecular formula is C28H25ClFN7. The van der Waals surface area contributed by atoms with E-state index in [-0.39, 0.29) is 5.82 Å². The zero-order valence-corrected chi connectivity index (χ0v) is 20.7. The minimum absolute atomic E-state index is 0.301. The van der Waals surface area contributed by atoms with Crippen LogP contribution in [0, 0.1) is 29.0 Å². The minimum Gasteiger partial charge on any atom is -0.380 e. The number of hydrogen-bond acceptors (Lipinski definition) is 6. The molecule has 0 aliphatic heterocycles. The summed E-state index contributed by atoms with van der Waals surface area (Å²) in [5, 5.41) is 26.5. The lowest BCUT2D eigenvalue weighted by Gasteiger charge is -2.21. The number of pyridine rings is 1. The molecule has 186 valence electrons. The molecule has 3 aliphatic rings. The molecule has 2 aromatic heterocycles. The lowest BCUT2D eigenvalue weighted by molar-refractivity contribution is 0.610. The van der Waals surface area contributed by atoms with E-state index in [2.05, 4.69) is 32.0 Å². The molecule has 3 unspecified atom stereocenters. The van der Waals surface area contributed by atoms with Gasteiger partial charge in [-0.3, -0.25) is 4.98 Å². The number of hydrogen-bond donors (Lipinski definition) is 2. The maximum atomic E-state index is 13.8. The Hall–Kier alpha value is -3.70. The summed E-state index contributed by atoms with van der Waals surface area (Å²) >= 11 is 6.72.